The summed E-state index contributed by atoms with van der Waals surface area (Å²) in [5, 5.41) is 0.693. The normalized spacial score (nSPS) is 37.1. The molecule has 2 heteroatoms. The highest BCUT2D eigenvalue weighted by Crippen LogP contribution is 2.67. The Morgan fingerprint density at radius 2 is 1.77 bits per heavy atom. The van der Waals surface area contributed by atoms with Gasteiger partial charge < -0.3 is 0 Å². The monoisotopic (exact) mass is 546 g/mol. The van der Waals surface area contributed by atoms with Crippen LogP contribution in [-0.4, -0.2) is 10.4 Å². The van der Waals surface area contributed by atoms with E-state index in [-0.39, 0.29) is 5.12 Å². The molecular weight excluding hydrogens is 492 g/mol. The van der Waals surface area contributed by atoms with Crippen LogP contribution in [0.3, 0.4) is 0 Å². The zero-order valence-corrected chi connectivity index (χ0v) is 26.5. The Morgan fingerprint density at radius 1 is 1.00 bits per heavy atom. The van der Waals surface area contributed by atoms with E-state index in [1.165, 1.54) is 64.2 Å². The lowest BCUT2D eigenvalue weighted by Crippen LogP contribution is -2.50. The maximum atomic E-state index is 13.1. The maximum Gasteiger partial charge on any atom is 0.215 e. The van der Waals surface area contributed by atoms with Crippen LogP contribution in [0.2, 0.25) is 0 Å². The SMILES string of the molecule is CC(=Cc1ccccc1)C(=O)S[C@H]1CC[C@@]2(C)C(=CC[C@@H]3[C@H]4CC[C@H]([C@@H](C)CCCC(C)C)[C@@]4(C)CC[C@@H]32)C1. The molecule has 0 aliphatic heterocycles. The van der Waals surface area contributed by atoms with E-state index in [9.17, 15) is 4.79 Å². The van der Waals surface area contributed by atoms with Gasteiger partial charge >= 0.3 is 0 Å². The van der Waals surface area contributed by atoms with E-state index in [2.05, 4.69) is 52.8 Å². The summed E-state index contributed by atoms with van der Waals surface area (Å²) in [6.07, 6.45) is 19.6. The van der Waals surface area contributed by atoms with Crippen LogP contribution in [0.4, 0.5) is 0 Å². The van der Waals surface area contributed by atoms with Crippen molar-refractivity contribution >= 4 is 23.0 Å². The predicted molar refractivity (Wildman–Crippen MR) is 170 cm³/mol. The van der Waals surface area contributed by atoms with Crippen LogP contribution in [0.5, 0.6) is 0 Å². The van der Waals surface area contributed by atoms with Gasteiger partial charge in [0.15, 0.2) is 0 Å². The minimum absolute atomic E-state index is 0.259. The van der Waals surface area contributed by atoms with Gasteiger partial charge in [-0.3, -0.25) is 4.79 Å². The zero-order valence-electron chi connectivity index (χ0n) is 25.7. The summed E-state index contributed by atoms with van der Waals surface area (Å²) in [4.78, 5) is 13.1. The molecule has 0 heterocycles. The van der Waals surface area contributed by atoms with Crippen molar-refractivity contribution in [2.75, 3.05) is 0 Å². The fraction of sp³-hybridized carbons (Fsp3) is 0.703. The van der Waals surface area contributed by atoms with Crippen molar-refractivity contribution in [3.05, 3.63) is 53.1 Å². The first kappa shape index (κ1) is 29.2. The van der Waals surface area contributed by atoms with Crippen LogP contribution in [-0.2, 0) is 4.79 Å². The van der Waals surface area contributed by atoms with E-state index in [0.717, 1.165) is 53.1 Å². The standard InChI is InChI=1S/C37H54OS/c1-25(2)11-10-12-26(3)32-17-18-33-31-16-15-29-24-30(19-21-36(29,5)34(31)20-22-37(32,33)6)39-35(38)27(4)23-28-13-8-7-9-14-28/h7-9,13-15,23,25-26,30-34H,10-12,16-22,24H2,1-6H3/t26-,30-,31+,32+,33+,34-,36-,37+/m0/s1. The fourth-order valence-corrected chi connectivity index (χ4v) is 10.9. The van der Waals surface area contributed by atoms with Crippen LogP contribution in [0.15, 0.2) is 47.6 Å². The van der Waals surface area contributed by atoms with Crippen LogP contribution >= 0.6 is 11.8 Å². The van der Waals surface area contributed by atoms with E-state index in [1.54, 1.807) is 17.3 Å². The highest BCUT2D eigenvalue weighted by molar-refractivity contribution is 8.14. The molecule has 0 amide bonds. The summed E-state index contributed by atoms with van der Waals surface area (Å²) in [5.41, 5.74) is 4.61. The van der Waals surface area contributed by atoms with Crippen LogP contribution in [0.25, 0.3) is 6.08 Å². The third-order valence-electron chi connectivity index (χ3n) is 12.0. The van der Waals surface area contributed by atoms with Crippen molar-refractivity contribution in [1.82, 2.24) is 0 Å². The van der Waals surface area contributed by atoms with Crippen molar-refractivity contribution < 1.29 is 4.79 Å². The quantitative estimate of drug-likeness (QED) is 0.238. The molecule has 8 atom stereocenters. The fourth-order valence-electron chi connectivity index (χ4n) is 9.86. The minimum Gasteiger partial charge on any atom is -0.282 e. The highest BCUT2D eigenvalue weighted by Gasteiger charge is 2.59. The van der Waals surface area contributed by atoms with Crippen molar-refractivity contribution in [3.8, 4) is 0 Å². The van der Waals surface area contributed by atoms with Crippen molar-refractivity contribution in [2.24, 2.45) is 46.3 Å². The van der Waals surface area contributed by atoms with E-state index in [0.29, 0.717) is 16.1 Å². The van der Waals surface area contributed by atoms with Gasteiger partial charge in [0.1, 0.15) is 0 Å². The van der Waals surface area contributed by atoms with Gasteiger partial charge in [-0.1, -0.05) is 108 Å². The first-order chi connectivity index (χ1) is 18.6. The smallest absolute Gasteiger partial charge is 0.215 e. The number of carbonyl (C=O) groups is 1. The van der Waals surface area contributed by atoms with Gasteiger partial charge in [-0.2, -0.15) is 0 Å². The lowest BCUT2D eigenvalue weighted by molar-refractivity contribution is -0.107. The second-order valence-electron chi connectivity index (χ2n) is 14.8. The summed E-state index contributed by atoms with van der Waals surface area (Å²) in [6, 6.07) is 10.3. The topological polar surface area (TPSA) is 17.1 Å². The Kier molecular flexibility index (Phi) is 8.92. The molecule has 1 nitrogen and oxygen atoms in total. The van der Waals surface area contributed by atoms with E-state index in [4.69, 9.17) is 0 Å². The molecule has 0 N–H and O–H groups in total. The number of allylic oxidation sites excluding steroid dienone is 2. The molecule has 0 aromatic heterocycles. The largest absolute Gasteiger partial charge is 0.282 e. The zero-order chi connectivity index (χ0) is 27.8. The number of rotatable bonds is 8. The van der Waals surface area contributed by atoms with Gasteiger partial charge in [0.25, 0.3) is 0 Å². The second kappa shape index (κ2) is 11.9. The highest BCUT2D eigenvalue weighted by atomic mass is 32.2. The Morgan fingerprint density at radius 3 is 2.51 bits per heavy atom. The minimum atomic E-state index is 0.259. The average molecular weight is 547 g/mol. The molecule has 1 aromatic rings. The van der Waals surface area contributed by atoms with Gasteiger partial charge in [0, 0.05) is 10.8 Å². The summed E-state index contributed by atoms with van der Waals surface area (Å²) in [5.74, 6) is 5.30. The third kappa shape index (κ3) is 5.89. The Labute approximate surface area is 244 Å². The van der Waals surface area contributed by atoms with E-state index >= 15 is 0 Å². The Hall–Kier alpha value is -1.28. The molecule has 214 valence electrons. The Balaban J connectivity index is 1.23. The third-order valence-corrected chi connectivity index (χ3v) is 13.3. The summed E-state index contributed by atoms with van der Waals surface area (Å²) in [6.45, 7) is 14.6. The molecule has 0 spiro atoms. The number of carbonyl (C=O) groups excluding carboxylic acids is 1. The second-order valence-corrected chi connectivity index (χ2v) is 16.1. The van der Waals surface area contributed by atoms with Crippen molar-refractivity contribution in [1.29, 1.82) is 0 Å². The molecule has 0 bridgehead atoms. The van der Waals surface area contributed by atoms with Crippen molar-refractivity contribution in [3.63, 3.8) is 0 Å². The first-order valence-corrected chi connectivity index (χ1v) is 17.1. The molecule has 4 aliphatic rings. The number of thioether (sulfide) groups is 1. The molecule has 4 aliphatic carbocycles. The molecule has 5 rings (SSSR count). The molecule has 0 saturated heterocycles. The lowest BCUT2D eigenvalue weighted by Gasteiger charge is -2.58. The average Bonchev–Trinajstić information content (AvgIpc) is 3.26. The molecule has 0 unspecified atom stereocenters. The summed E-state index contributed by atoms with van der Waals surface area (Å²) < 4.78 is 0. The summed E-state index contributed by atoms with van der Waals surface area (Å²) in [7, 11) is 0. The van der Waals surface area contributed by atoms with Gasteiger partial charge in [0.05, 0.1) is 0 Å². The Bertz CT molecular complexity index is 1070. The van der Waals surface area contributed by atoms with Crippen molar-refractivity contribution in [2.45, 2.75) is 117 Å². The van der Waals surface area contributed by atoms with Crippen LogP contribution in [0, 0.1) is 46.3 Å². The summed E-state index contributed by atoms with van der Waals surface area (Å²) >= 11 is 1.61. The molecule has 1 aromatic carbocycles. The van der Waals surface area contributed by atoms with E-state index in [1.807, 2.05) is 31.2 Å². The number of hydrogen-bond acceptors (Lipinski definition) is 2. The lowest BCUT2D eigenvalue weighted by atomic mass is 9.47. The van der Waals surface area contributed by atoms with Gasteiger partial charge in [-0.25, -0.2) is 0 Å². The van der Waals surface area contributed by atoms with Gasteiger partial charge in [-0.05, 0) is 116 Å². The predicted octanol–water partition coefficient (Wildman–Crippen LogP) is 10.8. The molecule has 3 fully saturated rings. The van der Waals surface area contributed by atoms with Crippen LogP contribution in [0.1, 0.15) is 118 Å². The number of hydrogen-bond donors (Lipinski definition) is 0. The van der Waals surface area contributed by atoms with Crippen LogP contribution < -0.4 is 0 Å². The maximum absolute atomic E-state index is 13.1. The first-order valence-electron chi connectivity index (χ1n) is 16.3. The molecule has 3 saturated carbocycles. The number of benzene rings is 1. The number of fused-ring (bicyclic) bond motifs is 5. The van der Waals surface area contributed by atoms with Gasteiger partial charge in [0.2, 0.25) is 5.12 Å². The molecule has 0 radical (unpaired) electrons. The van der Waals surface area contributed by atoms with Gasteiger partial charge in [-0.15, -0.1) is 0 Å². The molecule has 39 heavy (non-hydrogen) atoms. The van der Waals surface area contributed by atoms with E-state index < -0.39 is 0 Å². The molecular formula is C37H54OS.